The summed E-state index contributed by atoms with van der Waals surface area (Å²) in [7, 11) is 0. The van der Waals surface area contributed by atoms with E-state index < -0.39 is 12.0 Å². The Morgan fingerprint density at radius 2 is 1.56 bits per heavy atom. The van der Waals surface area contributed by atoms with Crippen LogP contribution in [0.3, 0.4) is 0 Å². The predicted molar refractivity (Wildman–Crippen MR) is 43.9 cm³/mol. The molecule has 0 aliphatic heterocycles. The number of rotatable bonds is 1. The number of hydrogen-bond acceptors (Lipinski definition) is 0. The van der Waals surface area contributed by atoms with Gasteiger partial charge in [0.15, 0.2) is 0 Å². The van der Waals surface area contributed by atoms with Crippen LogP contribution in [0.15, 0.2) is 30.3 Å². The summed E-state index contributed by atoms with van der Waals surface area (Å²) >= 11 is 5.72. The van der Waals surface area contributed by atoms with Crippen LogP contribution in [0.5, 0.6) is 0 Å². The molecule has 0 spiro atoms. The molecule has 0 aliphatic carbocycles. The molecule has 0 aliphatic rings. The predicted octanol–water partition coefficient (Wildman–Crippen LogP) is 2.55. The van der Waals surface area contributed by atoms with E-state index in [1.54, 1.807) is 0 Å². The Balaban J connectivity index is 2.85. The van der Waals surface area contributed by atoms with Crippen LogP contribution in [-0.4, -0.2) is 0 Å². The first kappa shape index (κ1) is 7.91. The Morgan fingerprint density at radius 1 is 1.00 bits per heavy atom. The van der Waals surface area contributed by atoms with E-state index in [0.29, 0.717) is 0 Å². The van der Waals surface area contributed by atoms with Crippen molar-refractivity contribution in [2.75, 3.05) is 0 Å². The zero-order chi connectivity index (χ0) is 6.69. The molecule has 0 saturated heterocycles. The maximum atomic E-state index is 3.61. The maximum absolute atomic E-state index is 3.61. The fourth-order valence-corrected chi connectivity index (χ4v) is 5.86. The molecule has 45 valence electrons. The van der Waals surface area contributed by atoms with Crippen molar-refractivity contribution < 1.29 is 12.0 Å². The summed E-state index contributed by atoms with van der Waals surface area (Å²) in [5.41, 5.74) is 0. The number of halogens is 2. The number of benzene rings is 1. The van der Waals surface area contributed by atoms with Crippen LogP contribution in [0, 0.1) is 0 Å². The topological polar surface area (TPSA) is 0 Å². The molecule has 1 aromatic carbocycles. The van der Waals surface area contributed by atoms with Crippen LogP contribution < -0.4 is 4.16 Å². The van der Waals surface area contributed by atoms with Gasteiger partial charge in [0, 0.05) is 0 Å². The van der Waals surface area contributed by atoms with Gasteiger partial charge in [-0.05, 0) is 0 Å². The van der Waals surface area contributed by atoms with Gasteiger partial charge in [0.05, 0.1) is 0 Å². The van der Waals surface area contributed by atoms with Crippen molar-refractivity contribution >= 4 is 31.4 Å². The van der Waals surface area contributed by atoms with Crippen LogP contribution in [0.25, 0.3) is 0 Å². The van der Waals surface area contributed by atoms with Crippen molar-refractivity contribution in [3.8, 4) is 0 Å². The van der Waals surface area contributed by atoms with Gasteiger partial charge >= 0.3 is 73.8 Å². The van der Waals surface area contributed by atoms with E-state index in [1.165, 1.54) is 4.16 Å². The van der Waals surface area contributed by atoms with E-state index >= 15 is 0 Å². The summed E-state index contributed by atoms with van der Waals surface area (Å²) in [6, 6.07) is 10.5. The minimum absolute atomic E-state index is 1.46. The van der Waals surface area contributed by atoms with E-state index in [-0.39, 0.29) is 0 Å². The normalized spacial score (nSPS) is 9.11. The zero-order valence-corrected chi connectivity index (χ0v) is 11.0. The van der Waals surface area contributed by atoms with Gasteiger partial charge in [-0.3, -0.25) is 0 Å². The van der Waals surface area contributed by atoms with Gasteiger partial charge in [0.2, 0.25) is 0 Å². The number of hydrogen-bond donors (Lipinski definition) is 0. The summed E-state index contributed by atoms with van der Waals surface area (Å²) in [4.78, 5) is 0. The zero-order valence-electron chi connectivity index (χ0n) is 4.85. The van der Waals surface area contributed by atoms with Gasteiger partial charge < -0.3 is 0 Å². The van der Waals surface area contributed by atoms with Crippen molar-refractivity contribution in [3.63, 3.8) is 0 Å². The third-order valence-corrected chi connectivity index (χ3v) is 10.2. The van der Waals surface area contributed by atoms with Crippen LogP contribution in [0.2, 0.25) is 0 Å². The van der Waals surface area contributed by atoms with Crippen molar-refractivity contribution in [3.05, 3.63) is 30.3 Å². The third kappa shape index (κ3) is 2.49. The van der Waals surface area contributed by atoms with Gasteiger partial charge in [-0.1, -0.05) is 0 Å². The summed E-state index contributed by atoms with van der Waals surface area (Å²) in [5, 5.41) is 0. The first-order valence-electron chi connectivity index (χ1n) is 2.80. The molecule has 0 fully saturated rings. The fourth-order valence-electron chi connectivity index (χ4n) is 0.656. The molecule has 0 amide bonds. The van der Waals surface area contributed by atoms with Gasteiger partial charge in [-0.15, -0.1) is 0 Å². The Hall–Kier alpha value is 0.803. The van der Waals surface area contributed by atoms with Crippen LogP contribution >= 0.6 is 27.2 Å². The van der Waals surface area contributed by atoms with Crippen molar-refractivity contribution in [1.29, 1.82) is 0 Å². The van der Waals surface area contributed by atoms with Gasteiger partial charge in [0.25, 0.3) is 0 Å². The Labute approximate surface area is 73.3 Å². The molecule has 0 radical (unpaired) electrons. The molecular formula is C6H5Br2Zn. The molecule has 0 heterocycles. The van der Waals surface area contributed by atoms with Crippen molar-refractivity contribution in [2.45, 2.75) is 0 Å². The molecule has 0 bridgehead atoms. The summed E-state index contributed by atoms with van der Waals surface area (Å²) in [6.07, 6.45) is 0. The van der Waals surface area contributed by atoms with Crippen molar-refractivity contribution in [1.82, 2.24) is 0 Å². The molecule has 0 N–H and O–H groups in total. The van der Waals surface area contributed by atoms with Crippen molar-refractivity contribution in [2.24, 2.45) is 0 Å². The standard InChI is InChI=1S/C6H5.2BrH.Zn/c1-2-4-6-5-3-1;;;/h1-5H;2*1H;/q;;;+2/p-2. The Bertz CT molecular complexity index is 174. The summed E-state index contributed by atoms with van der Waals surface area (Å²) in [5.74, 6) is 0. The van der Waals surface area contributed by atoms with Gasteiger partial charge in [-0.25, -0.2) is 0 Å². The van der Waals surface area contributed by atoms with E-state index in [0.717, 1.165) is 0 Å². The van der Waals surface area contributed by atoms with Gasteiger partial charge in [0.1, 0.15) is 0 Å². The van der Waals surface area contributed by atoms with Gasteiger partial charge in [-0.2, -0.15) is 0 Å². The molecule has 0 saturated carbocycles. The average molecular weight is 302 g/mol. The molecule has 9 heavy (non-hydrogen) atoms. The molecule has 3 heteroatoms. The summed E-state index contributed by atoms with van der Waals surface area (Å²) in [6.45, 7) is 0. The van der Waals surface area contributed by atoms with E-state index in [2.05, 4.69) is 51.5 Å². The molecule has 0 unspecified atom stereocenters. The minimum atomic E-state index is -1.50. The monoisotopic (exact) mass is 299 g/mol. The molecular weight excluding hydrogens is 297 g/mol. The van der Waals surface area contributed by atoms with E-state index in [1.807, 2.05) is 6.07 Å². The van der Waals surface area contributed by atoms with Crippen LogP contribution in [0.1, 0.15) is 0 Å². The Kier molecular flexibility index (Phi) is 3.38. The molecule has 0 nitrogen and oxygen atoms in total. The second kappa shape index (κ2) is 3.85. The van der Waals surface area contributed by atoms with Crippen LogP contribution in [0.4, 0.5) is 0 Å². The molecule has 0 aromatic heterocycles. The summed E-state index contributed by atoms with van der Waals surface area (Å²) < 4.78 is 1.46. The second-order valence-corrected chi connectivity index (χ2v) is 24.6. The van der Waals surface area contributed by atoms with Crippen LogP contribution in [-0.2, 0) is 12.0 Å². The fraction of sp³-hybridized carbons (Fsp3) is 0. The van der Waals surface area contributed by atoms with E-state index in [4.69, 9.17) is 0 Å². The molecule has 0 atom stereocenters. The average Bonchev–Trinajstić information content (AvgIpc) is 1.90. The molecule has 1 aromatic rings. The quantitative estimate of drug-likeness (QED) is 0.700. The second-order valence-electron chi connectivity index (χ2n) is 1.85. The Morgan fingerprint density at radius 3 is 1.89 bits per heavy atom. The first-order valence-corrected chi connectivity index (χ1v) is 18.2. The molecule has 1 rings (SSSR count). The SMILES string of the molecule is [Br][Zn]([Br])[c]1ccccc1. The first-order chi connectivity index (χ1) is 4.30. The van der Waals surface area contributed by atoms with E-state index in [9.17, 15) is 0 Å². The third-order valence-electron chi connectivity index (χ3n) is 1.15.